The Kier molecular flexibility index (Phi) is 5.61. The van der Waals surface area contributed by atoms with Crippen LogP contribution in [0.4, 0.5) is 4.79 Å². The molecule has 1 amide bonds. The second-order valence-electron chi connectivity index (χ2n) is 2.48. The molecule has 0 heterocycles. The van der Waals surface area contributed by atoms with Gasteiger partial charge in [0.05, 0.1) is 0 Å². The fraction of sp³-hybridized carbons (Fsp3) is 0.875. The van der Waals surface area contributed by atoms with Crippen molar-refractivity contribution < 1.29 is 9.53 Å². The van der Waals surface area contributed by atoms with E-state index in [1.807, 2.05) is 20.8 Å². The van der Waals surface area contributed by atoms with Crippen LogP contribution in [0.1, 0.15) is 33.6 Å². The number of rotatable bonds is 4. The molecule has 0 aliphatic rings. The average molecular weight is 158 g/mol. The molecule has 0 N–H and O–H groups in total. The van der Waals surface area contributed by atoms with E-state index in [2.05, 4.69) is 5.32 Å². The molecule has 0 bridgehead atoms. The highest BCUT2D eigenvalue weighted by Crippen LogP contribution is 1.96. The van der Waals surface area contributed by atoms with Crippen LogP contribution in [-0.4, -0.2) is 18.7 Å². The van der Waals surface area contributed by atoms with Crippen LogP contribution in [0.25, 0.3) is 0 Å². The number of nitrogens with zero attached hydrogens (tertiary/aromatic N) is 1. The van der Waals surface area contributed by atoms with E-state index in [4.69, 9.17) is 4.74 Å². The van der Waals surface area contributed by atoms with Crippen LogP contribution < -0.4 is 5.32 Å². The Morgan fingerprint density at radius 1 is 1.55 bits per heavy atom. The van der Waals surface area contributed by atoms with Crippen LogP contribution >= 0.6 is 0 Å². The normalized spacial score (nSPS) is 12.3. The predicted molar refractivity (Wildman–Crippen MR) is 43.5 cm³/mol. The molecule has 0 rings (SSSR count). The first kappa shape index (κ1) is 10.3. The van der Waals surface area contributed by atoms with Crippen molar-refractivity contribution in [2.45, 2.75) is 39.7 Å². The van der Waals surface area contributed by atoms with E-state index >= 15 is 0 Å². The van der Waals surface area contributed by atoms with Gasteiger partial charge >= 0.3 is 6.09 Å². The van der Waals surface area contributed by atoms with Crippen molar-refractivity contribution in [2.24, 2.45) is 0 Å². The molecule has 65 valence electrons. The molecular weight excluding hydrogens is 142 g/mol. The molecule has 11 heavy (non-hydrogen) atoms. The molecule has 0 aliphatic heterocycles. The van der Waals surface area contributed by atoms with Gasteiger partial charge in [0.1, 0.15) is 6.10 Å². The summed E-state index contributed by atoms with van der Waals surface area (Å²) < 4.78 is 4.90. The first-order valence-corrected chi connectivity index (χ1v) is 4.08. The maximum atomic E-state index is 10.8. The minimum atomic E-state index is -0.429. The molecule has 0 aromatic heterocycles. The number of carbonyl (C=O) groups excluding carboxylic acids is 1. The van der Waals surface area contributed by atoms with Gasteiger partial charge in [0.25, 0.3) is 0 Å². The van der Waals surface area contributed by atoms with Crippen molar-refractivity contribution in [1.29, 1.82) is 0 Å². The van der Waals surface area contributed by atoms with Gasteiger partial charge in [0.2, 0.25) is 0 Å². The highest BCUT2D eigenvalue weighted by molar-refractivity contribution is 5.66. The first-order chi connectivity index (χ1) is 5.20. The Labute approximate surface area is 68.1 Å². The van der Waals surface area contributed by atoms with Crippen molar-refractivity contribution in [3.05, 3.63) is 0 Å². The average Bonchev–Trinajstić information content (AvgIpc) is 2.00. The lowest BCUT2D eigenvalue weighted by atomic mass is 10.3. The van der Waals surface area contributed by atoms with Crippen molar-refractivity contribution in [2.75, 3.05) is 6.54 Å². The van der Waals surface area contributed by atoms with Gasteiger partial charge in [-0.3, -0.25) is 0 Å². The third-order valence-electron chi connectivity index (χ3n) is 1.34. The lowest BCUT2D eigenvalue weighted by Gasteiger charge is -2.09. The zero-order chi connectivity index (χ0) is 8.69. The van der Waals surface area contributed by atoms with E-state index in [9.17, 15) is 4.79 Å². The van der Waals surface area contributed by atoms with Crippen LogP contribution in [0.3, 0.4) is 0 Å². The Balaban J connectivity index is 3.36. The number of hydrogen-bond donors (Lipinski definition) is 0. The van der Waals surface area contributed by atoms with Gasteiger partial charge in [-0.25, -0.2) is 10.1 Å². The fourth-order valence-corrected chi connectivity index (χ4v) is 0.496. The topological polar surface area (TPSA) is 40.4 Å². The van der Waals surface area contributed by atoms with Crippen molar-refractivity contribution in [3.8, 4) is 0 Å². The third-order valence-corrected chi connectivity index (χ3v) is 1.34. The van der Waals surface area contributed by atoms with E-state index in [-0.39, 0.29) is 6.10 Å². The van der Waals surface area contributed by atoms with E-state index in [0.29, 0.717) is 6.54 Å². The highest BCUT2D eigenvalue weighted by Gasteiger charge is 2.06. The molecule has 0 aromatic rings. The molecule has 0 saturated carbocycles. The lowest BCUT2D eigenvalue weighted by molar-refractivity contribution is 0.104. The molecule has 0 spiro atoms. The zero-order valence-electron chi connectivity index (χ0n) is 7.46. The van der Waals surface area contributed by atoms with E-state index in [0.717, 1.165) is 12.8 Å². The van der Waals surface area contributed by atoms with Gasteiger partial charge in [-0.05, 0) is 19.8 Å². The van der Waals surface area contributed by atoms with Crippen molar-refractivity contribution in [1.82, 2.24) is 5.32 Å². The van der Waals surface area contributed by atoms with Crippen LogP contribution in [0.5, 0.6) is 0 Å². The second-order valence-corrected chi connectivity index (χ2v) is 2.48. The third kappa shape index (κ3) is 5.70. The largest absolute Gasteiger partial charge is 0.445 e. The summed E-state index contributed by atoms with van der Waals surface area (Å²) in [6.45, 7) is 6.37. The standard InChI is InChI=1S/C8H16NO2/c1-4-6-9-8(10)11-7(3)5-2/h7H,4-6H2,1-3H3. The molecule has 0 saturated heterocycles. The van der Waals surface area contributed by atoms with Crippen LogP contribution in [-0.2, 0) is 4.74 Å². The lowest BCUT2D eigenvalue weighted by Crippen LogP contribution is -2.22. The maximum Gasteiger partial charge on any atom is 0.429 e. The molecule has 1 radical (unpaired) electrons. The summed E-state index contributed by atoms with van der Waals surface area (Å²) in [6.07, 6.45) is 1.28. The summed E-state index contributed by atoms with van der Waals surface area (Å²) in [5, 5.41) is 3.67. The summed E-state index contributed by atoms with van der Waals surface area (Å²) in [6, 6.07) is 0. The van der Waals surface area contributed by atoms with Gasteiger partial charge in [0, 0.05) is 6.54 Å². The molecule has 3 heteroatoms. The summed E-state index contributed by atoms with van der Waals surface area (Å²) in [5.74, 6) is 0. The molecule has 1 atom stereocenters. The van der Waals surface area contributed by atoms with Gasteiger partial charge in [-0.2, -0.15) is 0 Å². The number of amides is 1. The Hall–Kier alpha value is -0.730. The van der Waals surface area contributed by atoms with Gasteiger partial charge in [-0.1, -0.05) is 13.8 Å². The summed E-state index contributed by atoms with van der Waals surface area (Å²) in [5.41, 5.74) is 0. The summed E-state index contributed by atoms with van der Waals surface area (Å²) >= 11 is 0. The van der Waals surface area contributed by atoms with Crippen LogP contribution in [0, 0.1) is 0 Å². The molecular formula is C8H16NO2. The molecule has 0 aromatic carbocycles. The number of carbonyl (C=O) groups is 1. The monoisotopic (exact) mass is 158 g/mol. The minimum absolute atomic E-state index is 0.0110. The van der Waals surface area contributed by atoms with Gasteiger partial charge in [0.15, 0.2) is 0 Å². The highest BCUT2D eigenvalue weighted by atomic mass is 16.6. The Morgan fingerprint density at radius 2 is 2.18 bits per heavy atom. The van der Waals surface area contributed by atoms with Gasteiger partial charge in [-0.15, -0.1) is 0 Å². The molecule has 0 fully saturated rings. The van der Waals surface area contributed by atoms with Crippen molar-refractivity contribution >= 4 is 6.09 Å². The Bertz CT molecular complexity index is 115. The van der Waals surface area contributed by atoms with Crippen LogP contribution in [0.2, 0.25) is 0 Å². The predicted octanol–water partition coefficient (Wildman–Crippen LogP) is 1.94. The minimum Gasteiger partial charge on any atom is -0.445 e. The van der Waals surface area contributed by atoms with E-state index < -0.39 is 6.09 Å². The summed E-state index contributed by atoms with van der Waals surface area (Å²) in [4.78, 5) is 10.8. The number of hydrogen-bond acceptors (Lipinski definition) is 2. The molecule has 1 unspecified atom stereocenters. The fourth-order valence-electron chi connectivity index (χ4n) is 0.496. The van der Waals surface area contributed by atoms with Crippen LogP contribution in [0.15, 0.2) is 0 Å². The number of ether oxygens (including phenoxy) is 1. The van der Waals surface area contributed by atoms with E-state index in [1.165, 1.54) is 0 Å². The van der Waals surface area contributed by atoms with Gasteiger partial charge < -0.3 is 4.74 Å². The smallest absolute Gasteiger partial charge is 0.429 e. The van der Waals surface area contributed by atoms with E-state index in [1.54, 1.807) is 0 Å². The zero-order valence-corrected chi connectivity index (χ0v) is 7.46. The summed E-state index contributed by atoms with van der Waals surface area (Å²) in [7, 11) is 0. The SMILES string of the molecule is CCC[N]C(=O)OC(C)CC. The Morgan fingerprint density at radius 3 is 2.64 bits per heavy atom. The molecule has 0 aliphatic carbocycles. The second kappa shape index (κ2) is 6.01. The van der Waals surface area contributed by atoms with Crippen molar-refractivity contribution in [3.63, 3.8) is 0 Å². The quantitative estimate of drug-likeness (QED) is 0.627. The maximum absolute atomic E-state index is 10.8. The molecule has 3 nitrogen and oxygen atoms in total. The first-order valence-electron chi connectivity index (χ1n) is 4.08.